The smallest absolute Gasteiger partial charge is 0.204 e. The van der Waals surface area contributed by atoms with Gasteiger partial charge in [0.2, 0.25) is 5.96 Å². The monoisotopic (exact) mass is 465 g/mol. The van der Waals surface area contributed by atoms with Crippen LogP contribution in [0, 0.1) is 11.2 Å². The van der Waals surface area contributed by atoms with Crippen molar-refractivity contribution >= 4 is 22.9 Å². The van der Waals surface area contributed by atoms with Crippen LogP contribution >= 0.6 is 0 Å². The number of aromatic nitrogens is 1. The molecule has 2 atom stereocenters. The number of hydrazine groups is 1. The van der Waals surface area contributed by atoms with Crippen LogP contribution in [0.2, 0.25) is 0 Å². The zero-order valence-electron chi connectivity index (χ0n) is 19.4. The van der Waals surface area contributed by atoms with Gasteiger partial charge in [-0.25, -0.2) is 4.39 Å². The van der Waals surface area contributed by atoms with Crippen molar-refractivity contribution in [3.8, 4) is 11.1 Å². The van der Waals surface area contributed by atoms with Gasteiger partial charge in [0.1, 0.15) is 5.82 Å². The van der Waals surface area contributed by atoms with Crippen molar-refractivity contribution in [3.05, 3.63) is 78.4 Å². The normalized spacial score (nSPS) is 13.4. The topological polar surface area (TPSA) is 119 Å². The molecule has 0 aliphatic rings. The van der Waals surface area contributed by atoms with Gasteiger partial charge >= 0.3 is 0 Å². The van der Waals surface area contributed by atoms with Gasteiger partial charge in [-0.3, -0.25) is 10.8 Å². The second-order valence-electron chi connectivity index (χ2n) is 8.54. The number of hydrogen-bond donors (Lipinski definition) is 6. The summed E-state index contributed by atoms with van der Waals surface area (Å²) in [6, 6.07) is 14.6. The van der Waals surface area contributed by atoms with Crippen molar-refractivity contribution in [2.24, 2.45) is 5.73 Å². The van der Waals surface area contributed by atoms with E-state index in [1.807, 2.05) is 30.3 Å². The van der Waals surface area contributed by atoms with E-state index in [0.29, 0.717) is 5.70 Å². The summed E-state index contributed by atoms with van der Waals surface area (Å²) in [6.45, 7) is 7.94. The number of nitrogens with one attached hydrogen (secondary N) is 3. The molecule has 8 heteroatoms. The van der Waals surface area contributed by atoms with Crippen molar-refractivity contribution in [1.29, 1.82) is 5.41 Å². The van der Waals surface area contributed by atoms with Gasteiger partial charge in [0.25, 0.3) is 0 Å². The number of rotatable bonds is 10. The maximum absolute atomic E-state index is 13.6. The quantitative estimate of drug-likeness (QED) is 0.153. The van der Waals surface area contributed by atoms with Gasteiger partial charge in [0, 0.05) is 46.7 Å². The fraction of sp³-hybridized carbons (Fsp3) is 0.269. The molecule has 0 radical (unpaired) electrons. The third-order valence-electron chi connectivity index (χ3n) is 5.44. The molecule has 0 aliphatic heterocycles. The first-order valence-corrected chi connectivity index (χ1v) is 11.1. The summed E-state index contributed by atoms with van der Waals surface area (Å²) < 4.78 is 15.8. The van der Waals surface area contributed by atoms with Crippen molar-refractivity contribution < 1.29 is 14.6 Å². The first kappa shape index (κ1) is 25.0. The standard InChI is InChI=1S/C26H32FN5O2/c1-16(2)32-23-7-5-4-6-22(23)25(18-8-10-19(27)11-9-18)24(32)13-12-20(33)15-21(34)14-17(3)30-31-26(28)29/h4-13,16,20-21,30,33-34H,3,14-15H2,1-2H3,(H4,28,29,31)/b13-12+/t20-,21+/m0/s1. The number of hydrogen-bond acceptors (Lipinski definition) is 4. The van der Waals surface area contributed by atoms with Gasteiger partial charge in [-0.2, -0.15) is 0 Å². The molecule has 34 heavy (non-hydrogen) atoms. The summed E-state index contributed by atoms with van der Waals surface area (Å²) in [5.74, 6) is -0.566. The van der Waals surface area contributed by atoms with Crippen LogP contribution in [0.25, 0.3) is 28.1 Å². The van der Waals surface area contributed by atoms with Crippen molar-refractivity contribution in [1.82, 2.24) is 15.4 Å². The molecular weight excluding hydrogens is 433 g/mol. The highest BCUT2D eigenvalue weighted by atomic mass is 19.1. The number of benzene rings is 2. The average molecular weight is 466 g/mol. The Bertz CT molecular complexity index is 1180. The lowest BCUT2D eigenvalue weighted by atomic mass is 10.0. The molecule has 1 aromatic heterocycles. The SMILES string of the molecule is C=C(C[C@@H](O)C[C@@H](O)/C=C/c1c(-c2ccc(F)cc2)c2ccccc2n1C(C)C)NNC(=N)N. The number of nitrogens with zero attached hydrogens (tertiary/aromatic N) is 1. The van der Waals surface area contributed by atoms with Gasteiger partial charge in [-0.1, -0.05) is 43.0 Å². The summed E-state index contributed by atoms with van der Waals surface area (Å²) in [5.41, 5.74) is 14.5. The first-order chi connectivity index (χ1) is 16.2. The Hall–Kier alpha value is -3.62. The fourth-order valence-electron chi connectivity index (χ4n) is 4.06. The minimum atomic E-state index is -0.900. The van der Waals surface area contributed by atoms with Crippen molar-refractivity contribution in [2.75, 3.05) is 0 Å². The van der Waals surface area contributed by atoms with Gasteiger partial charge in [0.05, 0.1) is 12.2 Å². The Morgan fingerprint density at radius 1 is 1.15 bits per heavy atom. The molecule has 3 rings (SSSR count). The molecule has 2 aromatic carbocycles. The first-order valence-electron chi connectivity index (χ1n) is 11.1. The molecule has 0 saturated heterocycles. The van der Waals surface area contributed by atoms with Crippen LogP contribution in [-0.4, -0.2) is 32.9 Å². The second-order valence-corrected chi connectivity index (χ2v) is 8.54. The largest absolute Gasteiger partial charge is 0.393 e. The van der Waals surface area contributed by atoms with Crippen molar-refractivity contribution in [2.45, 2.75) is 44.9 Å². The van der Waals surface area contributed by atoms with E-state index in [4.69, 9.17) is 11.1 Å². The molecule has 0 amide bonds. The highest BCUT2D eigenvalue weighted by Gasteiger charge is 2.19. The summed E-state index contributed by atoms with van der Waals surface area (Å²) in [5, 5.41) is 29.1. The Labute approximate surface area is 198 Å². The third-order valence-corrected chi connectivity index (χ3v) is 5.44. The van der Waals surface area contributed by atoms with Crippen LogP contribution in [-0.2, 0) is 0 Å². The molecule has 180 valence electrons. The number of aliphatic hydroxyl groups excluding tert-OH is 2. The number of nitrogens with two attached hydrogens (primary N) is 1. The predicted octanol–water partition coefficient (Wildman–Crippen LogP) is 4.04. The van der Waals surface area contributed by atoms with Crippen LogP contribution in [0.1, 0.15) is 38.4 Å². The lowest BCUT2D eigenvalue weighted by Crippen LogP contribution is -2.41. The summed E-state index contributed by atoms with van der Waals surface area (Å²) >= 11 is 0. The van der Waals surface area contributed by atoms with E-state index in [9.17, 15) is 14.6 Å². The molecule has 7 N–H and O–H groups in total. The zero-order chi connectivity index (χ0) is 24.8. The van der Waals surface area contributed by atoms with Gasteiger partial charge in [-0.15, -0.1) is 0 Å². The highest BCUT2D eigenvalue weighted by molar-refractivity contribution is 6.01. The molecule has 0 unspecified atom stereocenters. The number of guanidine groups is 1. The Balaban J connectivity index is 1.89. The minimum Gasteiger partial charge on any atom is -0.393 e. The van der Waals surface area contributed by atoms with Gasteiger partial charge in [0.15, 0.2) is 0 Å². The van der Waals surface area contributed by atoms with E-state index in [2.05, 4.69) is 35.8 Å². The number of fused-ring (bicyclic) bond motifs is 1. The molecule has 0 aliphatic carbocycles. The average Bonchev–Trinajstić information content (AvgIpc) is 3.11. The van der Waals surface area contributed by atoms with Crippen LogP contribution in [0.5, 0.6) is 0 Å². The van der Waals surface area contributed by atoms with E-state index >= 15 is 0 Å². The lowest BCUT2D eigenvalue weighted by molar-refractivity contribution is 0.103. The van der Waals surface area contributed by atoms with Gasteiger partial charge < -0.3 is 25.9 Å². The highest BCUT2D eigenvalue weighted by Crippen LogP contribution is 2.38. The fourth-order valence-corrected chi connectivity index (χ4v) is 4.06. The molecule has 0 spiro atoms. The lowest BCUT2D eigenvalue weighted by Gasteiger charge is -2.17. The minimum absolute atomic E-state index is 0.102. The summed E-state index contributed by atoms with van der Waals surface area (Å²) in [4.78, 5) is 0. The summed E-state index contributed by atoms with van der Waals surface area (Å²) in [7, 11) is 0. The van der Waals surface area contributed by atoms with Crippen LogP contribution in [0.3, 0.4) is 0 Å². The molecule has 1 heterocycles. The van der Waals surface area contributed by atoms with Crippen LogP contribution < -0.4 is 16.6 Å². The second kappa shape index (κ2) is 11.0. The molecule has 3 aromatic rings. The molecule has 0 fully saturated rings. The number of aliphatic hydroxyl groups is 2. The number of para-hydroxylation sites is 1. The maximum atomic E-state index is 13.6. The van der Waals surface area contributed by atoms with Crippen LogP contribution in [0.4, 0.5) is 4.39 Å². The Morgan fingerprint density at radius 2 is 1.82 bits per heavy atom. The van der Waals surface area contributed by atoms with E-state index < -0.39 is 12.2 Å². The molecule has 7 nitrogen and oxygen atoms in total. The van der Waals surface area contributed by atoms with E-state index in [-0.39, 0.29) is 30.7 Å². The Kier molecular flexibility index (Phi) is 8.09. The molecule has 0 saturated carbocycles. The van der Waals surface area contributed by atoms with E-state index in [1.54, 1.807) is 18.2 Å². The van der Waals surface area contributed by atoms with Crippen molar-refractivity contribution in [3.63, 3.8) is 0 Å². The van der Waals surface area contributed by atoms with E-state index in [0.717, 1.165) is 27.7 Å². The predicted molar refractivity (Wildman–Crippen MR) is 135 cm³/mol. The Morgan fingerprint density at radius 3 is 2.47 bits per heavy atom. The summed E-state index contributed by atoms with van der Waals surface area (Å²) in [6.07, 6.45) is 2.06. The molecule has 0 bridgehead atoms. The molecular formula is C26H32FN5O2. The third kappa shape index (κ3) is 6.03. The zero-order valence-corrected chi connectivity index (χ0v) is 19.4. The maximum Gasteiger partial charge on any atom is 0.204 e. The van der Waals surface area contributed by atoms with Gasteiger partial charge in [-0.05, 0) is 43.7 Å². The van der Waals surface area contributed by atoms with E-state index in [1.165, 1.54) is 12.1 Å². The number of halogens is 1. The van der Waals surface area contributed by atoms with Crippen LogP contribution in [0.15, 0.2) is 66.9 Å².